The predicted octanol–water partition coefficient (Wildman–Crippen LogP) is 5.02. The lowest BCUT2D eigenvalue weighted by atomic mass is 10.1. The van der Waals surface area contributed by atoms with Crippen molar-refractivity contribution in [2.24, 2.45) is 5.73 Å². The third-order valence-electron chi connectivity index (χ3n) is 2.70. The first-order chi connectivity index (χ1) is 9.88. The Labute approximate surface area is 168 Å². The van der Waals surface area contributed by atoms with Gasteiger partial charge in [0.25, 0.3) is 0 Å². The maximum absolute atomic E-state index is 7.40. The fraction of sp³-hybridized carbons (Fsp3) is 0.0714. The number of nitrogens with one attached hydrogen (secondary N) is 1. The molecule has 0 aliphatic heterocycles. The van der Waals surface area contributed by atoms with Crippen molar-refractivity contribution in [3.05, 3.63) is 57.2 Å². The van der Waals surface area contributed by atoms with Gasteiger partial charge in [-0.25, -0.2) is 0 Å². The molecule has 0 bridgehead atoms. The van der Waals surface area contributed by atoms with Gasteiger partial charge in [-0.3, -0.25) is 5.41 Å². The molecule has 3 nitrogen and oxygen atoms in total. The second-order valence-corrected chi connectivity index (χ2v) is 8.18. The van der Waals surface area contributed by atoms with Crippen molar-refractivity contribution in [1.82, 2.24) is 0 Å². The van der Waals surface area contributed by atoms with Crippen molar-refractivity contribution in [3.63, 3.8) is 0 Å². The molecule has 2 rings (SSSR count). The summed E-state index contributed by atoms with van der Waals surface area (Å²) in [5, 5.41) is 7.95. The van der Waals surface area contributed by atoms with E-state index in [-0.39, 0.29) is 5.84 Å². The van der Waals surface area contributed by atoms with Crippen LogP contribution in [0.5, 0.6) is 5.75 Å². The van der Waals surface area contributed by atoms with Crippen LogP contribution in [0.1, 0.15) is 11.1 Å². The highest BCUT2D eigenvalue weighted by Crippen LogP contribution is 2.31. The fourth-order valence-electron chi connectivity index (χ4n) is 1.65. The van der Waals surface area contributed by atoms with Crippen molar-refractivity contribution < 1.29 is 4.74 Å². The molecular weight excluding hydrogens is 628 g/mol. The van der Waals surface area contributed by atoms with Crippen molar-refractivity contribution in [3.8, 4) is 5.75 Å². The SMILES string of the molecule is N=C(N)c1ccc(COc2c(I)cc(I)cc2I)c(Cl)c1. The molecule has 0 saturated carbocycles. The average Bonchev–Trinajstić information content (AvgIpc) is 2.38. The minimum atomic E-state index is 0.00565. The normalized spacial score (nSPS) is 10.5. The fourth-order valence-corrected chi connectivity index (χ4v) is 5.78. The summed E-state index contributed by atoms with van der Waals surface area (Å²) in [6, 6.07) is 9.44. The van der Waals surface area contributed by atoms with Gasteiger partial charge in [-0.2, -0.15) is 0 Å². The van der Waals surface area contributed by atoms with Crippen LogP contribution >= 0.6 is 79.4 Å². The van der Waals surface area contributed by atoms with E-state index in [4.69, 9.17) is 27.5 Å². The zero-order chi connectivity index (χ0) is 15.6. The number of nitrogens with two attached hydrogens (primary N) is 1. The van der Waals surface area contributed by atoms with Crippen LogP contribution in [0.3, 0.4) is 0 Å². The molecule has 7 heteroatoms. The zero-order valence-corrected chi connectivity index (χ0v) is 17.8. The van der Waals surface area contributed by atoms with Crippen molar-refractivity contribution >= 4 is 85.2 Å². The standard InChI is InChI=1S/C14H10ClI3N2O/c15-10-3-7(14(19)20)1-2-8(10)6-21-13-11(17)4-9(16)5-12(13)18/h1-5H,6H2,(H3,19,20). The van der Waals surface area contributed by atoms with Gasteiger partial charge in [-0.1, -0.05) is 23.7 Å². The van der Waals surface area contributed by atoms with E-state index in [0.717, 1.165) is 18.5 Å². The third-order valence-corrected chi connectivity index (χ3v) is 5.28. The summed E-state index contributed by atoms with van der Waals surface area (Å²) >= 11 is 13.0. The van der Waals surface area contributed by atoms with Crippen LogP contribution < -0.4 is 10.5 Å². The van der Waals surface area contributed by atoms with Gasteiger partial charge in [-0.05, 0) is 86.0 Å². The molecule has 3 N–H and O–H groups in total. The Bertz CT molecular complexity index is 684. The molecule has 0 aliphatic carbocycles. The number of halogens is 4. The molecule has 0 unspecified atom stereocenters. The van der Waals surface area contributed by atoms with E-state index >= 15 is 0 Å². The third kappa shape index (κ3) is 4.58. The lowest BCUT2D eigenvalue weighted by molar-refractivity contribution is 0.302. The molecule has 21 heavy (non-hydrogen) atoms. The highest BCUT2D eigenvalue weighted by atomic mass is 127. The summed E-state index contributed by atoms with van der Waals surface area (Å²) in [5.41, 5.74) is 6.92. The summed E-state index contributed by atoms with van der Waals surface area (Å²) in [5.74, 6) is 0.870. The highest BCUT2D eigenvalue weighted by molar-refractivity contribution is 14.1. The van der Waals surface area contributed by atoms with E-state index in [1.165, 1.54) is 3.57 Å². The molecule has 0 saturated heterocycles. The van der Waals surface area contributed by atoms with Crippen molar-refractivity contribution in [1.29, 1.82) is 5.41 Å². The van der Waals surface area contributed by atoms with Crippen LogP contribution in [0.25, 0.3) is 0 Å². The molecule has 0 aliphatic rings. The Hall–Kier alpha value is 0.190. The number of hydrogen-bond donors (Lipinski definition) is 2. The van der Waals surface area contributed by atoms with Gasteiger partial charge in [0.1, 0.15) is 18.2 Å². The van der Waals surface area contributed by atoms with Gasteiger partial charge in [0, 0.05) is 19.7 Å². The maximum Gasteiger partial charge on any atom is 0.146 e. The molecule has 0 aromatic heterocycles. The molecule has 2 aromatic carbocycles. The van der Waals surface area contributed by atoms with Gasteiger partial charge in [0.15, 0.2) is 0 Å². The largest absolute Gasteiger partial charge is 0.487 e. The Morgan fingerprint density at radius 2 is 1.76 bits per heavy atom. The molecule has 110 valence electrons. The molecule has 0 fully saturated rings. The molecular formula is C14H10ClI3N2O. The number of amidine groups is 1. The molecule has 0 radical (unpaired) electrons. The number of benzene rings is 2. The molecule has 0 amide bonds. The van der Waals surface area contributed by atoms with Crippen molar-refractivity contribution in [2.45, 2.75) is 6.61 Å². The van der Waals surface area contributed by atoms with E-state index in [1.54, 1.807) is 12.1 Å². The first-order valence-corrected chi connectivity index (χ1v) is 9.40. The van der Waals surface area contributed by atoms with Crippen LogP contribution in [-0.2, 0) is 6.61 Å². The topological polar surface area (TPSA) is 59.1 Å². The molecule has 0 spiro atoms. The molecule has 0 atom stereocenters. The molecule has 0 heterocycles. The summed E-state index contributed by atoms with van der Waals surface area (Å²) in [6.45, 7) is 0.379. The summed E-state index contributed by atoms with van der Waals surface area (Å²) < 4.78 is 9.22. The number of hydrogen-bond acceptors (Lipinski definition) is 2. The maximum atomic E-state index is 7.40. The van der Waals surface area contributed by atoms with E-state index in [2.05, 4.69) is 79.9 Å². The minimum Gasteiger partial charge on any atom is -0.487 e. The Morgan fingerprint density at radius 1 is 1.14 bits per heavy atom. The Morgan fingerprint density at radius 3 is 2.29 bits per heavy atom. The first kappa shape index (κ1) is 17.5. The van der Waals surface area contributed by atoms with Crippen LogP contribution in [0.2, 0.25) is 5.02 Å². The van der Waals surface area contributed by atoms with E-state index in [9.17, 15) is 0 Å². The predicted molar refractivity (Wildman–Crippen MR) is 111 cm³/mol. The first-order valence-electron chi connectivity index (χ1n) is 5.78. The average molecular weight is 638 g/mol. The second-order valence-electron chi connectivity index (χ2n) is 4.21. The summed E-state index contributed by atoms with van der Waals surface area (Å²) in [6.07, 6.45) is 0. The lowest BCUT2D eigenvalue weighted by Crippen LogP contribution is -2.11. The molecule has 2 aromatic rings. The van der Waals surface area contributed by atoms with Crippen LogP contribution in [0.4, 0.5) is 0 Å². The summed E-state index contributed by atoms with van der Waals surface area (Å²) in [4.78, 5) is 0. The van der Waals surface area contributed by atoms with Crippen LogP contribution in [0, 0.1) is 16.1 Å². The highest BCUT2D eigenvalue weighted by Gasteiger charge is 2.10. The van der Waals surface area contributed by atoms with E-state index in [1.807, 2.05) is 6.07 Å². The summed E-state index contributed by atoms with van der Waals surface area (Å²) in [7, 11) is 0. The van der Waals surface area contributed by atoms with Gasteiger partial charge in [0.05, 0.1) is 7.14 Å². The van der Waals surface area contributed by atoms with Gasteiger partial charge < -0.3 is 10.5 Å². The quantitative estimate of drug-likeness (QED) is 0.281. The van der Waals surface area contributed by atoms with Gasteiger partial charge in [-0.15, -0.1) is 0 Å². The Balaban J connectivity index is 2.19. The van der Waals surface area contributed by atoms with Gasteiger partial charge in [0.2, 0.25) is 0 Å². The van der Waals surface area contributed by atoms with Crippen LogP contribution in [-0.4, -0.2) is 5.84 Å². The smallest absolute Gasteiger partial charge is 0.146 e. The van der Waals surface area contributed by atoms with Crippen molar-refractivity contribution in [2.75, 3.05) is 0 Å². The second kappa shape index (κ2) is 7.64. The number of ether oxygens (including phenoxy) is 1. The zero-order valence-electron chi connectivity index (χ0n) is 10.6. The number of rotatable bonds is 4. The van der Waals surface area contributed by atoms with Gasteiger partial charge >= 0.3 is 0 Å². The number of nitrogen functional groups attached to an aromatic ring is 1. The minimum absolute atomic E-state index is 0.00565. The van der Waals surface area contributed by atoms with E-state index < -0.39 is 0 Å². The lowest BCUT2D eigenvalue weighted by Gasteiger charge is -2.12. The monoisotopic (exact) mass is 638 g/mol. The van der Waals surface area contributed by atoms with E-state index in [0.29, 0.717) is 17.2 Å². The van der Waals surface area contributed by atoms with Crippen LogP contribution in [0.15, 0.2) is 30.3 Å². The Kier molecular flexibility index (Phi) is 6.38.